The highest BCUT2D eigenvalue weighted by atomic mass is 35.5. The molecule has 0 atom stereocenters. The standard InChI is InChI=1S/C19H15ClN2O7S/c1-10(2)28-17(23)9-21-18(24)16(30-19(21)25)8-12-4-6-15(29-12)11-3-5-13(20)14(7-11)22(26)27/h3-8,10H,9H2,1-2H3/b16-8-. The summed E-state index contributed by atoms with van der Waals surface area (Å²) in [6.45, 7) is 2.85. The Balaban J connectivity index is 1.79. The van der Waals surface area contributed by atoms with Gasteiger partial charge in [-0.3, -0.25) is 29.4 Å². The fourth-order valence-corrected chi connectivity index (χ4v) is 3.59. The Hall–Kier alpha value is -3.11. The average molecular weight is 451 g/mol. The van der Waals surface area contributed by atoms with Crippen LogP contribution in [0.25, 0.3) is 17.4 Å². The average Bonchev–Trinajstić information content (AvgIpc) is 3.22. The lowest BCUT2D eigenvalue weighted by Gasteiger charge is -2.13. The van der Waals surface area contributed by atoms with Crippen LogP contribution < -0.4 is 0 Å². The normalized spacial score (nSPS) is 15.3. The van der Waals surface area contributed by atoms with Crippen molar-refractivity contribution in [3.05, 3.63) is 56.1 Å². The number of nitro benzene ring substituents is 1. The number of carbonyl (C=O) groups is 3. The number of furan rings is 1. The topological polar surface area (TPSA) is 120 Å². The van der Waals surface area contributed by atoms with Crippen molar-refractivity contribution in [2.75, 3.05) is 6.54 Å². The van der Waals surface area contributed by atoms with Crippen LogP contribution in [0.5, 0.6) is 0 Å². The Kier molecular flexibility index (Phi) is 6.28. The molecular formula is C19H15ClN2O7S. The first-order chi connectivity index (χ1) is 14.2. The highest BCUT2D eigenvalue weighted by molar-refractivity contribution is 8.18. The highest BCUT2D eigenvalue weighted by Gasteiger charge is 2.37. The molecule has 9 nitrogen and oxygen atoms in total. The predicted octanol–water partition coefficient (Wildman–Crippen LogP) is 4.50. The van der Waals surface area contributed by atoms with Gasteiger partial charge in [-0.15, -0.1) is 0 Å². The largest absolute Gasteiger partial charge is 0.462 e. The van der Waals surface area contributed by atoms with E-state index in [0.717, 1.165) is 4.90 Å². The number of imide groups is 1. The van der Waals surface area contributed by atoms with Gasteiger partial charge < -0.3 is 9.15 Å². The van der Waals surface area contributed by atoms with Gasteiger partial charge in [0.15, 0.2) is 0 Å². The minimum Gasteiger partial charge on any atom is -0.462 e. The lowest BCUT2D eigenvalue weighted by atomic mass is 10.1. The molecule has 0 spiro atoms. The van der Waals surface area contributed by atoms with E-state index in [1.807, 2.05) is 0 Å². The summed E-state index contributed by atoms with van der Waals surface area (Å²) in [6, 6.07) is 7.35. The second-order valence-corrected chi connectivity index (χ2v) is 7.83. The molecule has 3 rings (SSSR count). The van der Waals surface area contributed by atoms with Crippen molar-refractivity contribution in [1.82, 2.24) is 4.90 Å². The van der Waals surface area contributed by atoms with E-state index in [2.05, 4.69) is 0 Å². The molecule has 1 aliphatic rings. The van der Waals surface area contributed by atoms with Crippen molar-refractivity contribution in [2.45, 2.75) is 20.0 Å². The number of ether oxygens (including phenoxy) is 1. The number of thioether (sulfide) groups is 1. The van der Waals surface area contributed by atoms with Crippen LogP contribution in [0.4, 0.5) is 10.5 Å². The fraction of sp³-hybridized carbons (Fsp3) is 0.211. The third-order valence-corrected chi connectivity index (χ3v) is 5.08. The number of carbonyl (C=O) groups excluding carboxylic acids is 3. The first-order valence-electron chi connectivity index (χ1n) is 8.64. The monoisotopic (exact) mass is 450 g/mol. The first-order valence-corrected chi connectivity index (χ1v) is 9.84. The quantitative estimate of drug-likeness (QED) is 0.273. The molecule has 0 radical (unpaired) electrons. The van der Waals surface area contributed by atoms with Gasteiger partial charge >= 0.3 is 5.97 Å². The summed E-state index contributed by atoms with van der Waals surface area (Å²) in [6.07, 6.45) is 1.00. The fourth-order valence-electron chi connectivity index (χ4n) is 2.59. The Morgan fingerprint density at radius 2 is 2.07 bits per heavy atom. The number of hydrogen-bond donors (Lipinski definition) is 0. The smallest absolute Gasteiger partial charge is 0.326 e. The zero-order valence-corrected chi connectivity index (χ0v) is 17.4. The summed E-state index contributed by atoms with van der Waals surface area (Å²) in [5, 5.41) is 10.5. The van der Waals surface area contributed by atoms with E-state index >= 15 is 0 Å². The Bertz CT molecular complexity index is 1080. The number of halogens is 1. The van der Waals surface area contributed by atoms with Crippen LogP contribution in [0.2, 0.25) is 5.02 Å². The highest BCUT2D eigenvalue weighted by Crippen LogP contribution is 2.34. The third-order valence-electron chi connectivity index (χ3n) is 3.86. The van der Waals surface area contributed by atoms with E-state index in [4.69, 9.17) is 20.8 Å². The molecule has 1 aliphatic heterocycles. The molecule has 2 amide bonds. The van der Waals surface area contributed by atoms with Crippen molar-refractivity contribution in [2.24, 2.45) is 0 Å². The molecule has 2 aromatic rings. The molecule has 0 aliphatic carbocycles. The maximum Gasteiger partial charge on any atom is 0.326 e. The van der Waals surface area contributed by atoms with Crippen LogP contribution in [-0.4, -0.2) is 39.6 Å². The molecule has 1 aromatic heterocycles. The molecule has 0 unspecified atom stereocenters. The molecular weight excluding hydrogens is 436 g/mol. The molecule has 11 heteroatoms. The summed E-state index contributed by atoms with van der Waals surface area (Å²) in [5.74, 6) is -0.734. The van der Waals surface area contributed by atoms with Crippen molar-refractivity contribution in [1.29, 1.82) is 0 Å². The van der Waals surface area contributed by atoms with Crippen LogP contribution >= 0.6 is 23.4 Å². The third kappa shape index (κ3) is 4.71. The van der Waals surface area contributed by atoms with Gasteiger partial charge in [-0.25, -0.2) is 0 Å². The van der Waals surface area contributed by atoms with E-state index in [0.29, 0.717) is 23.1 Å². The van der Waals surface area contributed by atoms with E-state index < -0.39 is 28.6 Å². The number of rotatable bonds is 6. The predicted molar refractivity (Wildman–Crippen MR) is 110 cm³/mol. The summed E-state index contributed by atoms with van der Waals surface area (Å²) in [4.78, 5) is 47.6. The number of nitro groups is 1. The van der Waals surface area contributed by atoms with Crippen LogP contribution in [0.15, 0.2) is 39.7 Å². The zero-order chi connectivity index (χ0) is 22.0. The molecule has 0 saturated carbocycles. The van der Waals surface area contributed by atoms with Gasteiger partial charge in [-0.1, -0.05) is 11.6 Å². The molecule has 30 heavy (non-hydrogen) atoms. The van der Waals surface area contributed by atoms with Gasteiger partial charge in [-0.2, -0.15) is 0 Å². The summed E-state index contributed by atoms with van der Waals surface area (Å²) >= 11 is 6.49. The van der Waals surface area contributed by atoms with Crippen LogP contribution in [-0.2, 0) is 14.3 Å². The zero-order valence-electron chi connectivity index (χ0n) is 15.8. The van der Waals surface area contributed by atoms with Gasteiger partial charge in [0.05, 0.1) is 15.9 Å². The van der Waals surface area contributed by atoms with E-state index in [1.165, 1.54) is 18.2 Å². The minimum absolute atomic E-state index is 0.000183. The first kappa shape index (κ1) is 21.6. The lowest BCUT2D eigenvalue weighted by Crippen LogP contribution is -2.35. The number of esters is 1. The van der Waals surface area contributed by atoms with E-state index in [9.17, 15) is 24.5 Å². The van der Waals surface area contributed by atoms with E-state index in [-0.39, 0.29) is 27.5 Å². The van der Waals surface area contributed by atoms with Crippen LogP contribution in [0.1, 0.15) is 19.6 Å². The molecule has 1 fully saturated rings. The number of benzene rings is 1. The summed E-state index contributed by atoms with van der Waals surface area (Å²) in [5.41, 5.74) is 0.164. The lowest BCUT2D eigenvalue weighted by molar-refractivity contribution is -0.384. The summed E-state index contributed by atoms with van der Waals surface area (Å²) in [7, 11) is 0. The van der Waals surface area contributed by atoms with Crippen LogP contribution in [0.3, 0.4) is 0 Å². The molecule has 0 bridgehead atoms. The van der Waals surface area contributed by atoms with Gasteiger partial charge in [0.25, 0.3) is 16.8 Å². The second kappa shape index (κ2) is 8.72. The minimum atomic E-state index is -0.682. The number of amides is 2. The maximum absolute atomic E-state index is 12.5. The Morgan fingerprint density at radius 1 is 1.33 bits per heavy atom. The van der Waals surface area contributed by atoms with Gasteiger partial charge in [0.2, 0.25) is 0 Å². The molecule has 156 valence electrons. The molecule has 2 heterocycles. The number of hydrogen-bond acceptors (Lipinski definition) is 8. The van der Waals surface area contributed by atoms with E-state index in [1.54, 1.807) is 32.0 Å². The maximum atomic E-state index is 12.5. The van der Waals surface area contributed by atoms with Crippen molar-refractivity contribution < 1.29 is 28.5 Å². The second-order valence-electron chi connectivity index (χ2n) is 6.43. The number of nitrogens with zero attached hydrogens (tertiary/aromatic N) is 2. The molecule has 1 aromatic carbocycles. The SMILES string of the molecule is CC(C)OC(=O)CN1C(=O)S/C(=C\c2ccc(-c3ccc(Cl)c([N+](=O)[O-])c3)o2)C1=O. The molecule has 0 N–H and O–H groups in total. The van der Waals surface area contributed by atoms with Crippen molar-refractivity contribution in [3.8, 4) is 11.3 Å². The van der Waals surface area contributed by atoms with Crippen LogP contribution in [0, 0.1) is 10.1 Å². The van der Waals surface area contributed by atoms with Gasteiger partial charge in [-0.05, 0) is 49.9 Å². The van der Waals surface area contributed by atoms with Gasteiger partial charge in [0, 0.05) is 17.7 Å². The van der Waals surface area contributed by atoms with Gasteiger partial charge in [0.1, 0.15) is 23.1 Å². The molecule has 1 saturated heterocycles. The summed E-state index contributed by atoms with van der Waals surface area (Å²) < 4.78 is 10.6. The van der Waals surface area contributed by atoms with Crippen molar-refractivity contribution >= 4 is 52.2 Å². The van der Waals surface area contributed by atoms with Crippen molar-refractivity contribution in [3.63, 3.8) is 0 Å². The Labute approximate surface area is 179 Å². The Morgan fingerprint density at radius 3 is 2.73 bits per heavy atom.